The fraction of sp³-hybridized carbons (Fsp3) is 0.680. The van der Waals surface area contributed by atoms with Crippen molar-refractivity contribution >= 4 is 94.9 Å². The number of carbonyl (C=O) groups is 10. The number of nitrogens with zero attached hydrogens (tertiary/aromatic N) is 6. The Balaban J connectivity index is 7.19. The number of amides is 9. The first-order valence-corrected chi connectivity index (χ1v) is 29.1. The monoisotopic (exact) mass is 1280 g/mol. The van der Waals surface area contributed by atoms with Crippen molar-refractivity contribution < 1.29 is 53.1 Å². The average Bonchev–Trinajstić information content (AvgIpc) is 1.76. The van der Waals surface area contributed by atoms with Crippen LogP contribution >= 0.6 is 0 Å². The van der Waals surface area contributed by atoms with Crippen LogP contribution in [0.5, 0.6) is 0 Å². The van der Waals surface area contributed by atoms with E-state index in [2.05, 4.69) is 72.5 Å². The van der Waals surface area contributed by atoms with Crippen molar-refractivity contribution in [3.8, 4) is 0 Å². The molecule has 510 valence electrons. The van der Waals surface area contributed by atoms with Gasteiger partial charge in [0.2, 0.25) is 53.2 Å². The van der Waals surface area contributed by atoms with Crippen LogP contribution in [-0.4, -0.2) is 200 Å². The molecule has 0 saturated heterocycles. The van der Waals surface area contributed by atoms with Gasteiger partial charge >= 0.3 is 5.97 Å². The minimum absolute atomic E-state index is 0.0186. The Morgan fingerprint density at radius 3 is 0.856 bits per heavy atom. The van der Waals surface area contributed by atoms with Gasteiger partial charge in [-0.15, -0.1) is 0 Å². The maximum Gasteiger partial charge on any atom is 0.326 e. The second-order valence-corrected chi connectivity index (χ2v) is 20.6. The van der Waals surface area contributed by atoms with Crippen LogP contribution in [-0.2, 0) is 47.9 Å². The van der Waals surface area contributed by atoms with E-state index < -0.39 is 126 Å². The van der Waals surface area contributed by atoms with Crippen molar-refractivity contribution in [2.75, 3.05) is 45.8 Å². The van der Waals surface area contributed by atoms with E-state index in [1.54, 1.807) is 0 Å². The normalized spacial score (nSPS) is 13.7. The van der Waals surface area contributed by atoms with E-state index >= 15 is 0 Å². The van der Waals surface area contributed by atoms with E-state index in [-0.39, 0.29) is 159 Å². The SMILES string of the molecule is C[C@H](NC(=O)[C@H](CCCCN)NC(=O)[C@@H](N)CCCN=C(N)N)C(=O)N[C@@H](CCCN=C(N)N)C(=O)N[C@@H](CCCN=C(N)N)C(=O)N[C@@H](CCC(N)=O)C(=O)N[C@@H](CCCN=C(N)N)C(=O)N[C@@H](CCCN=C(N)N)C(=O)N[C@@H](CCCN=C(N)N)C(=O)O. The summed E-state index contributed by atoms with van der Waals surface area (Å²) in [6.45, 7) is 1.67. The van der Waals surface area contributed by atoms with Gasteiger partial charge in [0, 0.05) is 45.7 Å². The summed E-state index contributed by atoms with van der Waals surface area (Å²) in [7, 11) is 0. The zero-order valence-corrected chi connectivity index (χ0v) is 51.0. The number of nitrogens with one attached hydrogen (secondary N) is 8. The highest BCUT2D eigenvalue weighted by atomic mass is 16.4. The summed E-state index contributed by atoms with van der Waals surface area (Å²) in [4.78, 5) is 160. The molecule has 0 bridgehead atoms. The highest BCUT2D eigenvalue weighted by Gasteiger charge is 2.35. The van der Waals surface area contributed by atoms with Gasteiger partial charge in [-0.1, -0.05) is 0 Å². The number of rotatable bonds is 48. The van der Waals surface area contributed by atoms with Crippen molar-refractivity contribution in [2.45, 2.75) is 170 Å². The Kier molecular flexibility index (Phi) is 40.6. The molecule has 40 nitrogen and oxygen atoms in total. The van der Waals surface area contributed by atoms with Gasteiger partial charge < -0.3 is 134 Å². The maximum absolute atomic E-state index is 14.5. The smallest absolute Gasteiger partial charge is 0.326 e. The van der Waals surface area contributed by atoms with E-state index in [4.69, 9.17) is 86.0 Å². The lowest BCUT2D eigenvalue weighted by Gasteiger charge is -2.28. The molecule has 9 amide bonds. The van der Waals surface area contributed by atoms with Gasteiger partial charge in [0.05, 0.1) is 6.04 Å². The molecule has 0 aliphatic carbocycles. The fourth-order valence-corrected chi connectivity index (χ4v) is 8.13. The largest absolute Gasteiger partial charge is 0.480 e. The first-order valence-electron chi connectivity index (χ1n) is 29.1. The summed E-state index contributed by atoms with van der Waals surface area (Å²) in [5.74, 6) is -11.1. The second kappa shape index (κ2) is 45.5. The predicted octanol–water partition coefficient (Wildman–Crippen LogP) is -11.0. The molecular weight excluding hydrogens is 1180 g/mol. The Morgan fingerprint density at radius 2 is 0.567 bits per heavy atom. The Hall–Kier alpha value is -9.76. The van der Waals surface area contributed by atoms with Crippen molar-refractivity contribution in [1.29, 1.82) is 0 Å². The highest BCUT2D eigenvalue weighted by molar-refractivity contribution is 5.98. The van der Waals surface area contributed by atoms with Crippen molar-refractivity contribution in [3.63, 3.8) is 0 Å². The average molecular weight is 1280 g/mol. The third-order valence-corrected chi connectivity index (χ3v) is 12.8. The molecule has 0 heterocycles. The molecule has 0 unspecified atom stereocenters. The first kappa shape index (κ1) is 80.2. The third-order valence-electron chi connectivity index (χ3n) is 12.8. The van der Waals surface area contributed by atoms with E-state index in [1.165, 1.54) is 6.92 Å². The maximum atomic E-state index is 14.5. The van der Waals surface area contributed by atoms with Crippen LogP contribution in [0.25, 0.3) is 0 Å². The molecule has 0 aromatic carbocycles. The standard InChI is InChI=1S/C50H99N29O11/c1-26(72-38(83)28(11-2-3-19-51)74-37(82)27(52)10-4-20-66-45(54)55)36(81)73-29(12-5-21-67-46(56)57)39(84)75-31(14-7-23-69-48(60)61)41(86)78-33(17-18-35(53)80)43(88)77-30(13-6-22-68-47(58)59)40(85)76-32(15-8-24-70-49(62)63)42(87)79-34(44(89)90)16-9-25-71-50(64)65/h26-34H,2-25,51-52H2,1H3,(H2,53,80)(H,72,83)(H,73,81)(H,74,82)(H,75,84)(H,76,85)(H,77,88)(H,78,86)(H,79,87)(H,89,90)(H4,54,55,66)(H4,56,57,67)(H4,58,59,68)(H4,60,61,69)(H4,62,63,70)(H4,64,65,71)/t26-,27-,28-,29-,30-,31-,32-,33-,34-/m0/s1. The summed E-state index contributed by atoms with van der Waals surface area (Å²) < 4.78 is 0. The Bertz CT molecular complexity index is 2490. The number of nitrogens with two attached hydrogens (primary N) is 15. The molecule has 0 fully saturated rings. The molecule has 0 spiro atoms. The van der Waals surface area contributed by atoms with E-state index in [1.807, 2.05) is 0 Å². The van der Waals surface area contributed by atoms with Crippen molar-refractivity contribution in [2.24, 2.45) is 116 Å². The van der Waals surface area contributed by atoms with Gasteiger partial charge in [0.25, 0.3) is 0 Å². The molecular formula is C50H99N29O11. The van der Waals surface area contributed by atoms with Crippen LogP contribution in [0.3, 0.4) is 0 Å². The van der Waals surface area contributed by atoms with Crippen LogP contribution < -0.4 is 129 Å². The zero-order chi connectivity index (χ0) is 68.3. The third kappa shape index (κ3) is 38.4. The number of hydrogen-bond acceptors (Lipinski definition) is 18. The lowest BCUT2D eigenvalue weighted by molar-refractivity contribution is -0.142. The fourth-order valence-electron chi connectivity index (χ4n) is 8.13. The molecule has 40 heteroatoms. The number of aliphatic carboxylic acids is 1. The van der Waals surface area contributed by atoms with Gasteiger partial charge in [0.1, 0.15) is 48.3 Å². The molecule has 0 aliphatic rings. The highest BCUT2D eigenvalue weighted by Crippen LogP contribution is 2.11. The van der Waals surface area contributed by atoms with Gasteiger partial charge in [-0.25, -0.2) is 4.79 Å². The van der Waals surface area contributed by atoms with Gasteiger partial charge in [0.15, 0.2) is 35.8 Å². The molecule has 0 radical (unpaired) electrons. The van der Waals surface area contributed by atoms with Crippen LogP contribution in [0.4, 0.5) is 0 Å². The number of guanidine groups is 6. The Labute approximate surface area is 521 Å². The summed E-state index contributed by atoms with van der Waals surface area (Å²) in [6.07, 6.45) is -0.00991. The molecule has 0 aromatic rings. The number of carboxylic acid groups (broad SMARTS) is 1. The molecule has 0 rings (SSSR count). The molecule has 0 aliphatic heterocycles. The number of unbranched alkanes of at least 4 members (excludes halogenated alkanes) is 1. The summed E-state index contributed by atoms with van der Waals surface area (Å²) >= 11 is 0. The molecule has 0 saturated carbocycles. The van der Waals surface area contributed by atoms with Gasteiger partial charge in [-0.05, 0) is 116 Å². The second-order valence-electron chi connectivity index (χ2n) is 20.6. The lowest BCUT2D eigenvalue weighted by atomic mass is 10.0. The van der Waals surface area contributed by atoms with Crippen LogP contribution in [0.1, 0.15) is 116 Å². The predicted molar refractivity (Wildman–Crippen MR) is 338 cm³/mol. The van der Waals surface area contributed by atoms with E-state index in [9.17, 15) is 53.1 Å². The molecule has 90 heavy (non-hydrogen) atoms. The van der Waals surface area contributed by atoms with Gasteiger partial charge in [-0.3, -0.25) is 73.1 Å². The van der Waals surface area contributed by atoms with E-state index in [0.29, 0.717) is 19.3 Å². The molecule has 9 atom stereocenters. The van der Waals surface area contributed by atoms with E-state index in [0.717, 1.165) is 0 Å². The topological polar surface area (TPSA) is 752 Å². The van der Waals surface area contributed by atoms with Crippen LogP contribution in [0, 0.1) is 0 Å². The number of hydrogen-bond donors (Lipinski definition) is 24. The first-order chi connectivity index (χ1) is 42.4. The Morgan fingerprint density at radius 1 is 0.322 bits per heavy atom. The number of carbonyl (C=O) groups excluding carboxylic acids is 9. The minimum atomic E-state index is -1.68. The van der Waals surface area contributed by atoms with Crippen LogP contribution in [0.15, 0.2) is 30.0 Å². The lowest BCUT2D eigenvalue weighted by Crippen LogP contribution is -2.60. The summed E-state index contributed by atoms with van der Waals surface area (Å²) in [5.41, 5.74) is 82.8. The van der Waals surface area contributed by atoms with Gasteiger partial charge in [-0.2, -0.15) is 0 Å². The van der Waals surface area contributed by atoms with Crippen molar-refractivity contribution in [3.05, 3.63) is 0 Å². The number of aliphatic imine (C=N–C) groups is 6. The molecule has 0 aromatic heterocycles. The summed E-state index contributed by atoms with van der Waals surface area (Å²) in [6, 6.07) is -12.8. The number of primary amides is 1. The number of carboxylic acids is 1. The van der Waals surface area contributed by atoms with Crippen LogP contribution in [0.2, 0.25) is 0 Å². The zero-order valence-electron chi connectivity index (χ0n) is 51.0. The summed E-state index contributed by atoms with van der Waals surface area (Å²) in [5, 5.41) is 30.2. The minimum Gasteiger partial charge on any atom is -0.480 e. The molecule has 39 N–H and O–H groups in total. The van der Waals surface area contributed by atoms with Crippen molar-refractivity contribution in [1.82, 2.24) is 42.5 Å². The quantitative estimate of drug-likeness (QED) is 0.0153.